The first-order valence-corrected chi connectivity index (χ1v) is 16.1. The Kier molecular flexibility index (Phi) is 14.3. The van der Waals surface area contributed by atoms with Crippen molar-refractivity contribution in [3.63, 3.8) is 0 Å². The van der Waals surface area contributed by atoms with E-state index in [0.29, 0.717) is 17.3 Å². The first-order chi connectivity index (χ1) is 20.2. The molecule has 0 bridgehead atoms. The first-order valence-electron chi connectivity index (χ1n) is 15.7. The molecule has 0 aromatic heterocycles. The van der Waals surface area contributed by atoms with E-state index in [1.165, 1.54) is 44.9 Å². The van der Waals surface area contributed by atoms with Crippen LogP contribution in [0.25, 0.3) is 0 Å². The molecule has 1 aromatic carbocycles. The van der Waals surface area contributed by atoms with Gasteiger partial charge in [0.1, 0.15) is 18.3 Å². The predicted octanol–water partition coefficient (Wildman–Crippen LogP) is 7.31. The number of ether oxygens (including phenoxy) is 5. The molecule has 2 fully saturated rings. The second kappa shape index (κ2) is 17.4. The van der Waals surface area contributed by atoms with Crippen LogP contribution in [0.5, 0.6) is 0 Å². The highest BCUT2D eigenvalue weighted by Crippen LogP contribution is 2.41. The van der Waals surface area contributed by atoms with E-state index in [9.17, 15) is 9.59 Å². The Bertz CT molecular complexity index is 961. The number of fused-ring (bicyclic) bond motifs is 1. The lowest BCUT2D eigenvalue weighted by molar-refractivity contribution is -0.223. The molecule has 3 rings (SSSR count). The van der Waals surface area contributed by atoms with Gasteiger partial charge in [0.2, 0.25) is 0 Å². The van der Waals surface area contributed by atoms with Crippen LogP contribution in [0.4, 0.5) is 10.5 Å². The number of unbranched alkanes of at least 4 members (excludes halogenated alkanes) is 9. The molecule has 0 aliphatic carbocycles. The maximum atomic E-state index is 13.8. The van der Waals surface area contributed by atoms with E-state index in [2.05, 4.69) is 12.2 Å². The molecule has 2 saturated heterocycles. The fourth-order valence-electron chi connectivity index (χ4n) is 5.79. The summed E-state index contributed by atoms with van der Waals surface area (Å²) in [6.45, 7) is 8.33. The minimum atomic E-state index is -0.824. The van der Waals surface area contributed by atoms with E-state index >= 15 is 0 Å². The van der Waals surface area contributed by atoms with E-state index in [1.807, 2.05) is 13.8 Å². The van der Waals surface area contributed by atoms with Gasteiger partial charge >= 0.3 is 12.0 Å². The van der Waals surface area contributed by atoms with E-state index in [1.54, 1.807) is 43.2 Å². The van der Waals surface area contributed by atoms with Crippen LogP contribution in [-0.4, -0.2) is 73.6 Å². The van der Waals surface area contributed by atoms with Crippen molar-refractivity contribution in [3.05, 3.63) is 29.3 Å². The van der Waals surface area contributed by atoms with Crippen molar-refractivity contribution in [1.82, 2.24) is 4.90 Å². The predicted molar refractivity (Wildman–Crippen MR) is 164 cm³/mol. The highest BCUT2D eigenvalue weighted by atomic mass is 35.5. The molecule has 0 saturated carbocycles. The van der Waals surface area contributed by atoms with Crippen molar-refractivity contribution in [2.75, 3.05) is 25.6 Å². The Morgan fingerprint density at radius 1 is 0.976 bits per heavy atom. The molecule has 1 N–H and O–H groups in total. The lowest BCUT2D eigenvalue weighted by Crippen LogP contribution is -2.54. The molecular weight excluding hydrogens is 560 g/mol. The number of hydrogen-bond donors (Lipinski definition) is 1. The third kappa shape index (κ3) is 10.4. The van der Waals surface area contributed by atoms with Gasteiger partial charge in [0, 0.05) is 24.4 Å². The van der Waals surface area contributed by atoms with Crippen LogP contribution in [0, 0.1) is 0 Å². The molecule has 42 heavy (non-hydrogen) atoms. The van der Waals surface area contributed by atoms with Crippen LogP contribution in [0.2, 0.25) is 5.02 Å². The molecule has 0 radical (unpaired) electrons. The summed E-state index contributed by atoms with van der Waals surface area (Å²) in [6.07, 6.45) is 9.35. The monoisotopic (exact) mass is 610 g/mol. The fraction of sp³-hybridized carbons (Fsp3) is 0.750. The minimum absolute atomic E-state index is 0.0486. The lowest BCUT2D eigenvalue weighted by Gasteiger charge is -2.37. The van der Waals surface area contributed by atoms with Crippen LogP contribution in [0.15, 0.2) is 24.3 Å². The van der Waals surface area contributed by atoms with Crippen LogP contribution in [0.3, 0.4) is 0 Å². The molecule has 2 amide bonds. The number of anilines is 1. The number of methoxy groups -OCH3 is 1. The van der Waals surface area contributed by atoms with E-state index in [0.717, 1.165) is 19.3 Å². The van der Waals surface area contributed by atoms with Crippen molar-refractivity contribution in [2.45, 2.75) is 135 Å². The Labute approximate surface area is 256 Å². The van der Waals surface area contributed by atoms with Gasteiger partial charge in [-0.1, -0.05) is 76.3 Å². The molecule has 1 unspecified atom stereocenters. The van der Waals surface area contributed by atoms with Gasteiger partial charge in [0.15, 0.2) is 12.1 Å². The Hall–Kier alpha value is -1.91. The standard InChI is InChI=1S/C32H51ClN2O7/c1-6-8-9-10-11-12-13-14-15-16-21-35(31(37)34-24-19-17-23(33)18-20-24)25(22-26(36)39-7-2)27-28(38-5)29-30(40-27)42-32(3,4)41-29/h17-20,25,27-30H,6-16,21-22H2,1-5H3,(H,34,37)/t25-,27?,28-,29+,30+/m0/s1. The Morgan fingerprint density at radius 2 is 1.60 bits per heavy atom. The smallest absolute Gasteiger partial charge is 0.322 e. The quantitative estimate of drug-likeness (QED) is 0.137. The third-order valence-corrected chi connectivity index (χ3v) is 8.12. The summed E-state index contributed by atoms with van der Waals surface area (Å²) < 4.78 is 29.6. The third-order valence-electron chi connectivity index (χ3n) is 7.87. The summed E-state index contributed by atoms with van der Waals surface area (Å²) in [4.78, 5) is 28.4. The van der Waals surface area contributed by atoms with E-state index in [4.69, 9.17) is 35.3 Å². The second-order valence-electron chi connectivity index (χ2n) is 11.7. The number of urea groups is 1. The summed E-state index contributed by atoms with van der Waals surface area (Å²) in [6, 6.07) is 5.94. The minimum Gasteiger partial charge on any atom is -0.466 e. The number of nitrogens with one attached hydrogen (secondary N) is 1. The van der Waals surface area contributed by atoms with Gasteiger partial charge in [-0.2, -0.15) is 0 Å². The summed E-state index contributed by atoms with van der Waals surface area (Å²) in [5, 5.41) is 3.55. The topological polar surface area (TPSA) is 95.6 Å². The molecule has 9 nitrogen and oxygen atoms in total. The largest absolute Gasteiger partial charge is 0.466 e. The normalized spacial score (nSPS) is 23.4. The number of carbonyl (C=O) groups is 2. The summed E-state index contributed by atoms with van der Waals surface area (Å²) in [5.41, 5.74) is 0.605. The molecule has 0 spiro atoms. The van der Waals surface area contributed by atoms with Gasteiger partial charge < -0.3 is 33.9 Å². The number of benzene rings is 1. The zero-order valence-corrected chi connectivity index (χ0v) is 26.8. The van der Waals surface area contributed by atoms with Gasteiger partial charge in [0.05, 0.1) is 19.1 Å². The first kappa shape index (κ1) is 34.6. The number of amides is 2. The van der Waals surface area contributed by atoms with Crippen molar-refractivity contribution in [1.29, 1.82) is 0 Å². The number of esters is 1. The SMILES string of the molecule is CCCCCCCCCCCCN(C(=O)Nc1ccc(Cl)cc1)[C@@H](CC(=O)OCC)C1O[C@@H]2OC(C)(C)O[C@@H]2[C@H]1OC. The van der Waals surface area contributed by atoms with Crippen molar-refractivity contribution < 1.29 is 33.3 Å². The molecule has 2 aliphatic heterocycles. The van der Waals surface area contributed by atoms with Crippen LogP contribution in [-0.2, 0) is 28.5 Å². The van der Waals surface area contributed by atoms with Crippen LogP contribution < -0.4 is 5.32 Å². The van der Waals surface area contributed by atoms with Crippen LogP contribution >= 0.6 is 11.6 Å². The van der Waals surface area contributed by atoms with E-state index < -0.39 is 42.4 Å². The van der Waals surface area contributed by atoms with E-state index in [-0.39, 0.29) is 19.1 Å². The maximum Gasteiger partial charge on any atom is 0.322 e. The summed E-state index contributed by atoms with van der Waals surface area (Å²) >= 11 is 6.06. The van der Waals surface area contributed by atoms with Crippen LogP contribution in [0.1, 0.15) is 98.3 Å². The average molecular weight is 611 g/mol. The summed E-state index contributed by atoms with van der Waals surface area (Å²) in [5.74, 6) is -1.23. The number of halogens is 1. The average Bonchev–Trinajstić information content (AvgIpc) is 3.43. The zero-order chi connectivity index (χ0) is 30.5. The molecule has 238 valence electrons. The Morgan fingerprint density at radius 3 is 2.19 bits per heavy atom. The van der Waals surface area contributed by atoms with Gasteiger partial charge in [-0.3, -0.25) is 4.79 Å². The number of carbonyl (C=O) groups excluding carboxylic acids is 2. The molecule has 2 heterocycles. The lowest BCUT2D eigenvalue weighted by atomic mass is 9.98. The van der Waals surface area contributed by atoms with Gasteiger partial charge in [-0.25, -0.2) is 4.79 Å². The van der Waals surface area contributed by atoms with Crippen molar-refractivity contribution >= 4 is 29.3 Å². The molecule has 10 heteroatoms. The van der Waals surface area contributed by atoms with Crippen molar-refractivity contribution in [2.24, 2.45) is 0 Å². The second-order valence-corrected chi connectivity index (χ2v) is 12.1. The summed E-state index contributed by atoms with van der Waals surface area (Å²) in [7, 11) is 1.58. The van der Waals surface area contributed by atoms with Gasteiger partial charge in [-0.15, -0.1) is 0 Å². The Balaban J connectivity index is 1.74. The molecule has 2 aliphatic rings. The fourth-order valence-corrected chi connectivity index (χ4v) is 5.92. The van der Waals surface area contributed by atoms with Crippen molar-refractivity contribution in [3.8, 4) is 0 Å². The highest BCUT2D eigenvalue weighted by Gasteiger charge is 2.58. The number of nitrogens with zero attached hydrogens (tertiary/aromatic N) is 1. The number of hydrogen-bond acceptors (Lipinski definition) is 7. The number of rotatable bonds is 18. The maximum absolute atomic E-state index is 13.8. The van der Waals surface area contributed by atoms with Gasteiger partial charge in [-0.05, 0) is 51.5 Å². The molecule has 1 aromatic rings. The zero-order valence-electron chi connectivity index (χ0n) is 26.1. The molecular formula is C32H51ClN2O7. The highest BCUT2D eigenvalue weighted by molar-refractivity contribution is 6.30. The molecule has 5 atom stereocenters. The van der Waals surface area contributed by atoms with Gasteiger partial charge in [0.25, 0.3) is 0 Å².